The van der Waals surface area contributed by atoms with Crippen LogP contribution in [0.25, 0.3) is 10.2 Å². The minimum absolute atomic E-state index is 0.0577. The zero-order chi connectivity index (χ0) is 16.1. The summed E-state index contributed by atoms with van der Waals surface area (Å²) >= 11 is 1.54. The predicted molar refractivity (Wildman–Crippen MR) is 94.9 cm³/mol. The van der Waals surface area contributed by atoms with Gasteiger partial charge in [-0.15, -0.1) is 0 Å². The number of thiazole rings is 1. The van der Waals surface area contributed by atoms with Crippen molar-refractivity contribution in [2.75, 3.05) is 18.1 Å². The van der Waals surface area contributed by atoms with Crippen LogP contribution >= 0.6 is 11.3 Å². The van der Waals surface area contributed by atoms with E-state index in [1.165, 1.54) is 0 Å². The van der Waals surface area contributed by atoms with E-state index >= 15 is 0 Å². The van der Waals surface area contributed by atoms with Crippen molar-refractivity contribution < 1.29 is 9.53 Å². The van der Waals surface area contributed by atoms with Crippen LogP contribution in [0.1, 0.15) is 19.8 Å². The highest BCUT2D eigenvalue weighted by Gasteiger charge is 2.24. The Balaban J connectivity index is 1.87. The highest BCUT2D eigenvalue weighted by molar-refractivity contribution is 7.22. The summed E-state index contributed by atoms with van der Waals surface area (Å²) in [6.07, 6.45) is 9.24. The number of rotatable bonds is 5. The molecule has 0 spiro atoms. The molecule has 5 heteroatoms. The zero-order valence-corrected chi connectivity index (χ0v) is 14.0. The lowest BCUT2D eigenvalue weighted by atomic mass is 10.2. The summed E-state index contributed by atoms with van der Waals surface area (Å²) in [5, 5.41) is 0.733. The number of carbonyl (C=O) groups is 1. The first kappa shape index (κ1) is 15.9. The number of para-hydroxylation sites is 1. The summed E-state index contributed by atoms with van der Waals surface area (Å²) in [6.45, 7) is 3.26. The number of nitrogens with zero attached hydrogens (tertiary/aromatic N) is 2. The molecule has 1 atom stereocenters. The summed E-state index contributed by atoms with van der Waals surface area (Å²) in [5.74, 6) is -0.0577. The SMILES string of the molecule is C/C=C/C=C/C(=O)N(CC1CCCO1)c1nc2ccccc2s1. The van der Waals surface area contributed by atoms with Crippen molar-refractivity contribution in [1.29, 1.82) is 0 Å². The third-order valence-electron chi connectivity index (χ3n) is 3.73. The van der Waals surface area contributed by atoms with Gasteiger partial charge in [-0.2, -0.15) is 0 Å². The predicted octanol–water partition coefficient (Wildman–Crippen LogP) is 3.94. The fourth-order valence-electron chi connectivity index (χ4n) is 2.57. The number of fused-ring (bicyclic) bond motifs is 1. The molecule has 1 aromatic heterocycles. The van der Waals surface area contributed by atoms with Crippen LogP contribution in [0.4, 0.5) is 5.13 Å². The number of benzene rings is 1. The highest BCUT2D eigenvalue weighted by atomic mass is 32.1. The van der Waals surface area contributed by atoms with Crippen LogP contribution in [0.5, 0.6) is 0 Å². The van der Waals surface area contributed by atoms with Gasteiger partial charge in [0, 0.05) is 12.7 Å². The van der Waals surface area contributed by atoms with E-state index in [-0.39, 0.29) is 12.0 Å². The smallest absolute Gasteiger partial charge is 0.252 e. The van der Waals surface area contributed by atoms with Gasteiger partial charge < -0.3 is 4.74 Å². The fourth-order valence-corrected chi connectivity index (χ4v) is 3.55. The Labute approximate surface area is 140 Å². The molecule has 0 N–H and O–H groups in total. The Morgan fingerprint density at radius 2 is 2.30 bits per heavy atom. The van der Waals surface area contributed by atoms with E-state index in [0.29, 0.717) is 6.54 Å². The third-order valence-corrected chi connectivity index (χ3v) is 4.79. The molecule has 2 aromatic rings. The Hall–Kier alpha value is -1.98. The minimum Gasteiger partial charge on any atom is -0.376 e. The van der Waals surface area contributed by atoms with Crippen molar-refractivity contribution in [2.45, 2.75) is 25.9 Å². The minimum atomic E-state index is -0.0577. The van der Waals surface area contributed by atoms with Crippen LogP contribution in [-0.2, 0) is 9.53 Å². The molecule has 4 nitrogen and oxygen atoms in total. The number of amides is 1. The average Bonchev–Trinajstić information content (AvgIpc) is 3.21. The van der Waals surface area contributed by atoms with Crippen LogP contribution in [0.15, 0.2) is 48.6 Å². The molecule has 0 saturated carbocycles. The van der Waals surface area contributed by atoms with E-state index in [0.717, 1.165) is 34.8 Å². The molecule has 2 heterocycles. The van der Waals surface area contributed by atoms with Gasteiger partial charge in [-0.1, -0.05) is 41.7 Å². The van der Waals surface area contributed by atoms with E-state index < -0.39 is 0 Å². The highest BCUT2D eigenvalue weighted by Crippen LogP contribution is 2.29. The first-order chi connectivity index (χ1) is 11.3. The van der Waals surface area contributed by atoms with E-state index in [1.807, 2.05) is 43.3 Å². The van der Waals surface area contributed by atoms with Gasteiger partial charge in [0.2, 0.25) is 0 Å². The molecule has 1 fully saturated rings. The molecule has 1 amide bonds. The second kappa shape index (κ2) is 7.53. The van der Waals surface area contributed by atoms with Crippen molar-refractivity contribution in [3.63, 3.8) is 0 Å². The molecule has 3 rings (SSSR count). The number of carbonyl (C=O) groups excluding carboxylic acids is 1. The average molecular weight is 328 g/mol. The van der Waals surface area contributed by atoms with Gasteiger partial charge >= 0.3 is 0 Å². The van der Waals surface area contributed by atoms with Gasteiger partial charge in [-0.3, -0.25) is 9.69 Å². The molecule has 1 aliphatic rings. The molecule has 1 saturated heterocycles. The molecule has 0 aliphatic carbocycles. The van der Waals surface area contributed by atoms with Gasteiger partial charge in [0.15, 0.2) is 5.13 Å². The Kier molecular flexibility index (Phi) is 5.20. The van der Waals surface area contributed by atoms with Crippen LogP contribution in [0, 0.1) is 0 Å². The number of hydrogen-bond acceptors (Lipinski definition) is 4. The first-order valence-corrected chi connectivity index (χ1v) is 8.67. The van der Waals surface area contributed by atoms with Gasteiger partial charge in [-0.25, -0.2) is 4.98 Å². The van der Waals surface area contributed by atoms with Crippen molar-refractivity contribution in [2.24, 2.45) is 0 Å². The maximum atomic E-state index is 12.6. The lowest BCUT2D eigenvalue weighted by molar-refractivity contribution is -0.114. The third kappa shape index (κ3) is 3.86. The van der Waals surface area contributed by atoms with Crippen molar-refractivity contribution in [1.82, 2.24) is 4.98 Å². The van der Waals surface area contributed by atoms with Crippen molar-refractivity contribution >= 4 is 32.6 Å². The van der Waals surface area contributed by atoms with Crippen LogP contribution in [0.3, 0.4) is 0 Å². The quantitative estimate of drug-likeness (QED) is 0.617. The maximum absolute atomic E-state index is 12.6. The number of ether oxygens (including phenoxy) is 1. The second-order valence-electron chi connectivity index (χ2n) is 5.43. The normalized spacial score (nSPS) is 18.4. The zero-order valence-electron chi connectivity index (χ0n) is 13.1. The van der Waals surface area contributed by atoms with Gasteiger partial charge in [0.05, 0.1) is 22.9 Å². The molecule has 1 aliphatic heterocycles. The largest absolute Gasteiger partial charge is 0.376 e. The lowest BCUT2D eigenvalue weighted by Gasteiger charge is -2.21. The molecule has 0 bridgehead atoms. The molecular weight excluding hydrogens is 308 g/mol. The van der Waals surface area contributed by atoms with Crippen LogP contribution in [0.2, 0.25) is 0 Å². The topological polar surface area (TPSA) is 42.4 Å². The monoisotopic (exact) mass is 328 g/mol. The van der Waals surface area contributed by atoms with E-state index in [1.54, 1.807) is 28.4 Å². The lowest BCUT2D eigenvalue weighted by Crippen LogP contribution is -2.36. The summed E-state index contributed by atoms with van der Waals surface area (Å²) in [5.41, 5.74) is 0.926. The Bertz CT molecular complexity index is 696. The molecule has 23 heavy (non-hydrogen) atoms. The van der Waals surface area contributed by atoms with Gasteiger partial charge in [0.25, 0.3) is 5.91 Å². The first-order valence-electron chi connectivity index (χ1n) is 7.86. The summed E-state index contributed by atoms with van der Waals surface area (Å²) < 4.78 is 6.79. The van der Waals surface area contributed by atoms with Crippen molar-refractivity contribution in [3.8, 4) is 0 Å². The molecule has 1 unspecified atom stereocenters. The number of aromatic nitrogens is 1. The van der Waals surface area contributed by atoms with Crippen molar-refractivity contribution in [3.05, 3.63) is 48.6 Å². The van der Waals surface area contributed by atoms with E-state index in [9.17, 15) is 4.79 Å². The summed E-state index contributed by atoms with van der Waals surface area (Å²) in [7, 11) is 0. The number of allylic oxidation sites excluding steroid dienone is 3. The Morgan fingerprint density at radius 3 is 3.04 bits per heavy atom. The number of hydrogen-bond donors (Lipinski definition) is 0. The molecule has 120 valence electrons. The van der Waals surface area contributed by atoms with E-state index in [2.05, 4.69) is 4.98 Å². The van der Waals surface area contributed by atoms with Gasteiger partial charge in [-0.05, 0) is 31.9 Å². The van der Waals surface area contributed by atoms with E-state index in [4.69, 9.17) is 4.74 Å². The summed E-state index contributed by atoms with van der Waals surface area (Å²) in [4.78, 5) is 19.0. The molecule has 1 aromatic carbocycles. The molecule has 0 radical (unpaired) electrons. The van der Waals surface area contributed by atoms with Gasteiger partial charge in [0.1, 0.15) is 0 Å². The fraction of sp³-hybridized carbons (Fsp3) is 0.333. The Morgan fingerprint density at radius 1 is 1.43 bits per heavy atom. The number of anilines is 1. The second-order valence-corrected chi connectivity index (χ2v) is 6.44. The molecular formula is C18H20N2O2S. The standard InChI is InChI=1S/C18H20N2O2S/c1-2-3-4-11-17(21)20(13-14-8-7-12-22-14)18-19-15-9-5-6-10-16(15)23-18/h2-6,9-11,14H,7-8,12-13H2,1H3/b3-2+,11-4+. The maximum Gasteiger partial charge on any atom is 0.252 e. The van der Waals surface area contributed by atoms with Crippen LogP contribution < -0.4 is 4.90 Å². The van der Waals surface area contributed by atoms with Crippen LogP contribution in [-0.4, -0.2) is 30.1 Å². The summed E-state index contributed by atoms with van der Waals surface area (Å²) in [6, 6.07) is 7.95.